The average molecular weight is 459 g/mol. The molecule has 3 heterocycles. The van der Waals surface area contributed by atoms with Gasteiger partial charge in [0.15, 0.2) is 11.5 Å². The smallest absolute Gasteiger partial charge is 0.240 e. The predicted octanol–water partition coefficient (Wildman–Crippen LogP) is 4.00. The van der Waals surface area contributed by atoms with Gasteiger partial charge in [0.05, 0.1) is 10.6 Å². The van der Waals surface area contributed by atoms with Crippen LogP contribution in [-0.2, 0) is 10.0 Å². The van der Waals surface area contributed by atoms with Crippen molar-refractivity contribution in [3.8, 4) is 22.6 Å². The van der Waals surface area contributed by atoms with Crippen LogP contribution in [-0.4, -0.2) is 39.8 Å². The number of fused-ring (bicyclic) bond motifs is 3. The van der Waals surface area contributed by atoms with E-state index in [1.807, 2.05) is 55.5 Å². The molecule has 0 radical (unpaired) electrons. The number of hydrogen-bond donors (Lipinski definition) is 1. The maximum absolute atomic E-state index is 12.9. The van der Waals surface area contributed by atoms with Gasteiger partial charge in [-0.3, -0.25) is 4.98 Å². The molecular weight excluding hydrogens is 436 g/mol. The number of benzene rings is 2. The number of aromatic nitrogens is 5. The molecule has 0 saturated carbocycles. The molecule has 33 heavy (non-hydrogen) atoms. The Balaban J connectivity index is 1.77. The SMILES string of the molecule is CCCNS(=O)(=O)c1cc(-c2nn3c(-c4ccncc4)nnc3c3ccccc23)ccc1C. The van der Waals surface area contributed by atoms with Crippen LogP contribution in [0.1, 0.15) is 18.9 Å². The highest BCUT2D eigenvalue weighted by Crippen LogP contribution is 2.32. The zero-order valence-electron chi connectivity index (χ0n) is 18.2. The van der Waals surface area contributed by atoms with Crippen LogP contribution < -0.4 is 4.72 Å². The van der Waals surface area contributed by atoms with Gasteiger partial charge in [0, 0.05) is 40.8 Å². The van der Waals surface area contributed by atoms with Crippen LogP contribution in [0.4, 0.5) is 0 Å². The molecule has 2 aromatic carbocycles. The van der Waals surface area contributed by atoms with Crippen LogP contribution in [0.5, 0.6) is 0 Å². The molecule has 5 rings (SSSR count). The molecule has 0 aliphatic rings. The Hall–Kier alpha value is -3.69. The minimum absolute atomic E-state index is 0.248. The van der Waals surface area contributed by atoms with Gasteiger partial charge in [-0.05, 0) is 37.1 Å². The monoisotopic (exact) mass is 458 g/mol. The first-order chi connectivity index (χ1) is 16.0. The highest BCUT2D eigenvalue weighted by Gasteiger charge is 2.20. The molecule has 0 unspecified atom stereocenters. The lowest BCUT2D eigenvalue weighted by atomic mass is 10.0. The lowest BCUT2D eigenvalue weighted by molar-refractivity contribution is 0.580. The molecule has 0 spiro atoms. The summed E-state index contributed by atoms with van der Waals surface area (Å²) in [7, 11) is -3.64. The minimum Gasteiger partial charge on any atom is -0.265 e. The Bertz CT molecular complexity index is 1580. The third-order valence-corrected chi connectivity index (χ3v) is 7.10. The summed E-state index contributed by atoms with van der Waals surface area (Å²) in [4.78, 5) is 4.32. The fraction of sp³-hybridized carbons (Fsp3) is 0.167. The first-order valence-electron chi connectivity index (χ1n) is 10.6. The van der Waals surface area contributed by atoms with Crippen molar-refractivity contribution in [3.05, 3.63) is 72.6 Å². The Labute approximate surface area is 191 Å². The van der Waals surface area contributed by atoms with Gasteiger partial charge in [0.1, 0.15) is 0 Å². The summed E-state index contributed by atoms with van der Waals surface area (Å²) in [6.07, 6.45) is 4.10. The lowest BCUT2D eigenvalue weighted by Gasteiger charge is -2.12. The summed E-state index contributed by atoms with van der Waals surface area (Å²) in [6.45, 7) is 4.10. The Morgan fingerprint density at radius 1 is 0.939 bits per heavy atom. The minimum atomic E-state index is -3.64. The van der Waals surface area contributed by atoms with Crippen LogP contribution in [0, 0.1) is 6.92 Å². The van der Waals surface area contributed by atoms with Gasteiger partial charge in [0.25, 0.3) is 0 Å². The quantitative estimate of drug-likeness (QED) is 0.413. The van der Waals surface area contributed by atoms with Crippen molar-refractivity contribution in [2.45, 2.75) is 25.2 Å². The maximum Gasteiger partial charge on any atom is 0.240 e. The molecule has 0 fully saturated rings. The van der Waals surface area contributed by atoms with E-state index >= 15 is 0 Å². The Morgan fingerprint density at radius 2 is 1.70 bits per heavy atom. The summed E-state index contributed by atoms with van der Waals surface area (Å²) in [6, 6.07) is 16.9. The molecule has 0 saturated heterocycles. The van der Waals surface area contributed by atoms with E-state index in [-0.39, 0.29) is 4.90 Å². The number of sulfonamides is 1. The van der Waals surface area contributed by atoms with E-state index in [0.717, 1.165) is 16.3 Å². The van der Waals surface area contributed by atoms with E-state index < -0.39 is 10.0 Å². The van der Waals surface area contributed by atoms with Crippen molar-refractivity contribution in [3.63, 3.8) is 0 Å². The van der Waals surface area contributed by atoms with Crippen LogP contribution in [0.15, 0.2) is 71.9 Å². The molecule has 9 heteroatoms. The van der Waals surface area contributed by atoms with Crippen LogP contribution >= 0.6 is 0 Å². The number of rotatable bonds is 6. The third kappa shape index (κ3) is 3.75. The summed E-state index contributed by atoms with van der Waals surface area (Å²) >= 11 is 0. The van der Waals surface area contributed by atoms with E-state index in [2.05, 4.69) is 19.9 Å². The number of nitrogens with one attached hydrogen (secondary N) is 1. The number of pyridine rings is 1. The molecule has 5 aromatic rings. The molecule has 1 N–H and O–H groups in total. The molecule has 0 amide bonds. The summed E-state index contributed by atoms with van der Waals surface area (Å²) < 4.78 is 30.2. The Kier molecular flexibility index (Phi) is 5.35. The first kappa shape index (κ1) is 21.2. The molecular formula is C24H22N6O2S. The summed E-state index contributed by atoms with van der Waals surface area (Å²) in [5.41, 5.74) is 3.49. The fourth-order valence-corrected chi connectivity index (χ4v) is 5.23. The molecule has 166 valence electrons. The van der Waals surface area contributed by atoms with Crippen molar-refractivity contribution in [1.82, 2.24) is 29.5 Å². The predicted molar refractivity (Wildman–Crippen MR) is 127 cm³/mol. The average Bonchev–Trinajstić information content (AvgIpc) is 3.27. The van der Waals surface area contributed by atoms with Gasteiger partial charge in [-0.2, -0.15) is 9.61 Å². The van der Waals surface area contributed by atoms with Gasteiger partial charge >= 0.3 is 0 Å². The van der Waals surface area contributed by atoms with Crippen molar-refractivity contribution < 1.29 is 8.42 Å². The Morgan fingerprint density at radius 3 is 2.45 bits per heavy atom. The highest BCUT2D eigenvalue weighted by atomic mass is 32.2. The maximum atomic E-state index is 12.9. The molecule has 8 nitrogen and oxygen atoms in total. The van der Waals surface area contributed by atoms with Crippen molar-refractivity contribution in [2.24, 2.45) is 0 Å². The van der Waals surface area contributed by atoms with Crippen LogP contribution in [0.3, 0.4) is 0 Å². The van der Waals surface area contributed by atoms with Gasteiger partial charge in [-0.15, -0.1) is 10.2 Å². The standard InChI is InChI=1S/C24H22N6O2S/c1-3-12-26-33(31,32)21-15-18(9-8-16(21)2)22-19-6-4-5-7-20(19)24-28-27-23(30(24)29-22)17-10-13-25-14-11-17/h4-11,13-15,26H,3,12H2,1-2H3. The number of aryl methyl sites for hydroxylation is 1. The van der Waals surface area contributed by atoms with E-state index in [1.165, 1.54) is 0 Å². The second-order valence-electron chi connectivity index (χ2n) is 7.77. The molecule has 3 aromatic heterocycles. The van der Waals surface area contributed by atoms with Gasteiger partial charge < -0.3 is 0 Å². The number of hydrogen-bond acceptors (Lipinski definition) is 6. The normalized spacial score (nSPS) is 11.9. The summed E-state index contributed by atoms with van der Waals surface area (Å²) in [5.74, 6) is 0.587. The van der Waals surface area contributed by atoms with E-state index in [4.69, 9.17) is 5.10 Å². The van der Waals surface area contributed by atoms with Crippen LogP contribution in [0.2, 0.25) is 0 Å². The molecule has 0 atom stereocenters. The molecule has 0 aliphatic heterocycles. The van der Waals surface area contributed by atoms with Gasteiger partial charge in [-0.25, -0.2) is 13.1 Å². The van der Waals surface area contributed by atoms with Crippen molar-refractivity contribution in [1.29, 1.82) is 0 Å². The molecule has 0 aliphatic carbocycles. The second-order valence-corrected chi connectivity index (χ2v) is 9.50. The first-order valence-corrected chi connectivity index (χ1v) is 12.1. The number of nitrogens with zero attached hydrogens (tertiary/aromatic N) is 5. The van der Waals surface area contributed by atoms with E-state index in [0.29, 0.717) is 41.3 Å². The van der Waals surface area contributed by atoms with E-state index in [1.54, 1.807) is 29.9 Å². The lowest BCUT2D eigenvalue weighted by Crippen LogP contribution is -2.25. The van der Waals surface area contributed by atoms with Crippen LogP contribution in [0.25, 0.3) is 39.1 Å². The zero-order chi connectivity index (χ0) is 23.0. The largest absolute Gasteiger partial charge is 0.265 e. The van der Waals surface area contributed by atoms with E-state index in [9.17, 15) is 8.42 Å². The second kappa shape index (κ2) is 8.34. The van der Waals surface area contributed by atoms with Crippen molar-refractivity contribution in [2.75, 3.05) is 6.54 Å². The van der Waals surface area contributed by atoms with Crippen molar-refractivity contribution >= 4 is 26.4 Å². The zero-order valence-corrected chi connectivity index (χ0v) is 19.0. The van der Waals surface area contributed by atoms with Gasteiger partial charge in [0.2, 0.25) is 10.0 Å². The van der Waals surface area contributed by atoms with Gasteiger partial charge in [-0.1, -0.05) is 43.3 Å². The fourth-order valence-electron chi connectivity index (χ4n) is 3.83. The molecule has 0 bridgehead atoms. The topological polar surface area (TPSA) is 102 Å². The highest BCUT2D eigenvalue weighted by molar-refractivity contribution is 7.89. The third-order valence-electron chi connectivity index (χ3n) is 5.50. The summed E-state index contributed by atoms with van der Waals surface area (Å²) in [5, 5.41) is 15.4.